The van der Waals surface area contributed by atoms with Crippen LogP contribution >= 0.6 is 12.4 Å². The molecule has 2 saturated heterocycles. The molecule has 1 atom stereocenters. The van der Waals surface area contributed by atoms with Crippen LogP contribution in [-0.4, -0.2) is 68.6 Å². The maximum Gasteiger partial charge on any atom is 0.227 e. The van der Waals surface area contributed by atoms with Gasteiger partial charge in [0, 0.05) is 39.3 Å². The van der Waals surface area contributed by atoms with E-state index in [1.807, 2.05) is 4.90 Å². The lowest BCUT2D eigenvalue weighted by atomic mass is 9.98. The third-order valence-electron chi connectivity index (χ3n) is 5.48. The summed E-state index contributed by atoms with van der Waals surface area (Å²) in [4.78, 5) is 14.5. The third-order valence-corrected chi connectivity index (χ3v) is 7.49. The molecular weight excluding hydrogens is 350 g/mol. The highest BCUT2D eigenvalue weighted by molar-refractivity contribution is 7.89. The van der Waals surface area contributed by atoms with Gasteiger partial charge >= 0.3 is 0 Å². The Morgan fingerprint density at radius 1 is 1.00 bits per heavy atom. The van der Waals surface area contributed by atoms with Gasteiger partial charge in [-0.05, 0) is 31.6 Å². The summed E-state index contributed by atoms with van der Waals surface area (Å²) in [6.07, 6.45) is 6.01. The van der Waals surface area contributed by atoms with Gasteiger partial charge in [-0.1, -0.05) is 12.8 Å². The lowest BCUT2D eigenvalue weighted by Gasteiger charge is -2.36. The Morgan fingerprint density at radius 3 is 2.33 bits per heavy atom. The molecule has 1 unspecified atom stereocenters. The summed E-state index contributed by atoms with van der Waals surface area (Å²) in [5.74, 6) is 0.596. The SMILES string of the molecule is Cl.O=C(C1CCCN(S(=O)(=O)CC2CCCC2)C1)N1CCNCC1. The Hall–Kier alpha value is -0.370. The Kier molecular flexibility index (Phi) is 7.34. The smallest absolute Gasteiger partial charge is 0.227 e. The molecule has 1 N–H and O–H groups in total. The number of sulfonamides is 1. The standard InChI is InChI=1S/C16H29N3O3S.ClH/c20-16(18-10-7-17-8-11-18)15-6-3-9-19(12-15)23(21,22)13-14-4-1-2-5-14;/h14-15,17H,1-13H2;1H. The van der Waals surface area contributed by atoms with Gasteiger partial charge in [0.25, 0.3) is 0 Å². The fraction of sp³-hybridized carbons (Fsp3) is 0.938. The summed E-state index contributed by atoms with van der Waals surface area (Å²) >= 11 is 0. The van der Waals surface area contributed by atoms with E-state index in [1.54, 1.807) is 4.31 Å². The average molecular weight is 380 g/mol. The summed E-state index contributed by atoms with van der Waals surface area (Å²) in [7, 11) is -3.21. The molecule has 0 aromatic rings. The van der Waals surface area contributed by atoms with Crippen molar-refractivity contribution in [1.82, 2.24) is 14.5 Å². The van der Waals surface area contributed by atoms with Crippen LogP contribution in [0.2, 0.25) is 0 Å². The molecule has 8 heteroatoms. The van der Waals surface area contributed by atoms with Gasteiger partial charge in [-0.25, -0.2) is 12.7 Å². The monoisotopic (exact) mass is 379 g/mol. The summed E-state index contributed by atoms with van der Waals surface area (Å²) in [6.45, 7) is 4.12. The van der Waals surface area contributed by atoms with Gasteiger partial charge in [0.2, 0.25) is 15.9 Å². The molecule has 0 aromatic carbocycles. The number of carbonyl (C=O) groups is 1. The fourth-order valence-electron chi connectivity index (χ4n) is 4.12. The van der Waals surface area contributed by atoms with Crippen LogP contribution in [-0.2, 0) is 14.8 Å². The van der Waals surface area contributed by atoms with Gasteiger partial charge < -0.3 is 10.2 Å². The van der Waals surface area contributed by atoms with Crippen molar-refractivity contribution in [1.29, 1.82) is 0 Å². The number of nitrogens with one attached hydrogen (secondary N) is 1. The topological polar surface area (TPSA) is 69.7 Å². The van der Waals surface area contributed by atoms with E-state index in [4.69, 9.17) is 0 Å². The van der Waals surface area contributed by atoms with Crippen LogP contribution < -0.4 is 5.32 Å². The number of piperazine rings is 1. The normalized spacial score (nSPS) is 27.0. The van der Waals surface area contributed by atoms with Crippen molar-refractivity contribution in [3.8, 4) is 0 Å². The van der Waals surface area contributed by atoms with Crippen molar-refractivity contribution in [2.45, 2.75) is 38.5 Å². The second-order valence-corrected chi connectivity index (χ2v) is 9.22. The molecule has 1 aliphatic carbocycles. The van der Waals surface area contributed by atoms with Crippen molar-refractivity contribution in [3.63, 3.8) is 0 Å². The third kappa shape index (κ3) is 4.84. The molecule has 1 saturated carbocycles. The molecular formula is C16H30ClN3O3S. The lowest BCUT2D eigenvalue weighted by molar-refractivity contribution is -0.137. The minimum atomic E-state index is -3.21. The second kappa shape index (κ2) is 8.83. The van der Waals surface area contributed by atoms with Crippen LogP contribution in [0.3, 0.4) is 0 Å². The van der Waals surface area contributed by atoms with E-state index < -0.39 is 10.0 Å². The number of piperidine rings is 1. The van der Waals surface area contributed by atoms with Crippen LogP contribution in [0.15, 0.2) is 0 Å². The molecule has 3 rings (SSSR count). The van der Waals surface area contributed by atoms with Gasteiger partial charge in [0.1, 0.15) is 0 Å². The maximum atomic E-state index is 12.7. The quantitative estimate of drug-likeness (QED) is 0.793. The van der Waals surface area contributed by atoms with E-state index in [-0.39, 0.29) is 30.0 Å². The second-order valence-electron chi connectivity index (χ2n) is 7.20. The summed E-state index contributed by atoms with van der Waals surface area (Å²) < 4.78 is 27.0. The first-order valence-electron chi connectivity index (χ1n) is 9.03. The molecule has 0 spiro atoms. The molecule has 6 nitrogen and oxygen atoms in total. The van der Waals surface area contributed by atoms with Crippen LogP contribution in [0.25, 0.3) is 0 Å². The Bertz CT molecular complexity index is 517. The highest BCUT2D eigenvalue weighted by atomic mass is 35.5. The highest BCUT2D eigenvalue weighted by Crippen LogP contribution is 2.28. The number of hydrogen-bond acceptors (Lipinski definition) is 4. The maximum absolute atomic E-state index is 12.7. The lowest BCUT2D eigenvalue weighted by Crippen LogP contribution is -2.52. The van der Waals surface area contributed by atoms with Crippen molar-refractivity contribution < 1.29 is 13.2 Å². The number of nitrogens with zero attached hydrogens (tertiary/aromatic N) is 2. The largest absolute Gasteiger partial charge is 0.340 e. The van der Waals surface area contributed by atoms with Crippen LogP contribution in [0.5, 0.6) is 0 Å². The van der Waals surface area contributed by atoms with Gasteiger partial charge in [-0.3, -0.25) is 4.79 Å². The minimum Gasteiger partial charge on any atom is -0.340 e. The summed E-state index contributed by atoms with van der Waals surface area (Å²) in [5.41, 5.74) is 0. The van der Waals surface area contributed by atoms with Crippen LogP contribution in [0.4, 0.5) is 0 Å². The molecule has 0 aromatic heterocycles. The van der Waals surface area contributed by atoms with Crippen LogP contribution in [0, 0.1) is 11.8 Å². The first-order valence-corrected chi connectivity index (χ1v) is 10.6. The Morgan fingerprint density at radius 2 is 1.67 bits per heavy atom. The van der Waals surface area contributed by atoms with Gasteiger partial charge in [-0.2, -0.15) is 0 Å². The van der Waals surface area contributed by atoms with Gasteiger partial charge in [0.05, 0.1) is 11.7 Å². The number of carbonyl (C=O) groups excluding carboxylic acids is 1. The molecule has 140 valence electrons. The molecule has 0 radical (unpaired) electrons. The molecule has 0 bridgehead atoms. The Labute approximate surface area is 151 Å². The van der Waals surface area contributed by atoms with Gasteiger partial charge in [-0.15, -0.1) is 12.4 Å². The first-order chi connectivity index (χ1) is 11.1. The minimum absolute atomic E-state index is 0. The van der Waals surface area contributed by atoms with Crippen molar-refractivity contribution >= 4 is 28.3 Å². The zero-order chi connectivity index (χ0) is 16.3. The van der Waals surface area contributed by atoms with Gasteiger partial charge in [0.15, 0.2) is 0 Å². The first kappa shape index (κ1) is 19.9. The fourth-order valence-corrected chi connectivity index (χ4v) is 6.07. The predicted octanol–water partition coefficient (Wildman–Crippen LogP) is 1.07. The number of amides is 1. The predicted molar refractivity (Wildman–Crippen MR) is 96.7 cm³/mol. The van der Waals surface area contributed by atoms with Crippen molar-refractivity contribution in [2.75, 3.05) is 45.0 Å². The van der Waals surface area contributed by atoms with Crippen molar-refractivity contribution in [3.05, 3.63) is 0 Å². The number of halogens is 1. The van der Waals surface area contributed by atoms with Crippen molar-refractivity contribution in [2.24, 2.45) is 11.8 Å². The molecule has 1 amide bonds. The van der Waals surface area contributed by atoms with E-state index in [9.17, 15) is 13.2 Å². The number of rotatable bonds is 4. The zero-order valence-corrected chi connectivity index (χ0v) is 15.9. The average Bonchev–Trinajstić information content (AvgIpc) is 3.07. The number of hydrogen-bond donors (Lipinski definition) is 1. The molecule has 2 aliphatic heterocycles. The Balaban J connectivity index is 0.00000208. The van der Waals surface area contributed by atoms with E-state index >= 15 is 0 Å². The summed E-state index contributed by atoms with van der Waals surface area (Å²) in [6, 6.07) is 0. The van der Waals surface area contributed by atoms with E-state index in [1.165, 1.54) is 0 Å². The summed E-state index contributed by atoms with van der Waals surface area (Å²) in [5, 5.41) is 3.25. The highest BCUT2D eigenvalue weighted by Gasteiger charge is 2.35. The zero-order valence-electron chi connectivity index (χ0n) is 14.3. The molecule has 2 heterocycles. The van der Waals surface area contributed by atoms with E-state index in [0.717, 1.165) is 64.7 Å². The van der Waals surface area contributed by atoms with E-state index in [0.29, 0.717) is 19.0 Å². The molecule has 24 heavy (non-hydrogen) atoms. The molecule has 3 fully saturated rings. The molecule has 3 aliphatic rings. The van der Waals surface area contributed by atoms with E-state index in [2.05, 4.69) is 5.32 Å². The van der Waals surface area contributed by atoms with Crippen LogP contribution in [0.1, 0.15) is 38.5 Å².